The van der Waals surface area contributed by atoms with E-state index in [4.69, 9.17) is 10.00 Å². The van der Waals surface area contributed by atoms with Crippen molar-refractivity contribution in [1.29, 1.82) is 5.26 Å². The van der Waals surface area contributed by atoms with Crippen molar-refractivity contribution in [3.05, 3.63) is 53.1 Å². The highest BCUT2D eigenvalue weighted by Gasteiger charge is 2.47. The number of nitriles is 1. The van der Waals surface area contributed by atoms with Crippen LogP contribution < -0.4 is 0 Å². The fourth-order valence-electron chi connectivity index (χ4n) is 3.12. The predicted octanol–water partition coefficient (Wildman–Crippen LogP) is 1.93. The number of aryl methyl sites for hydroxylation is 1. The molecule has 1 unspecified atom stereocenters. The van der Waals surface area contributed by atoms with Crippen LogP contribution in [-0.2, 0) is 23.5 Å². The van der Waals surface area contributed by atoms with Crippen molar-refractivity contribution in [2.45, 2.75) is 25.2 Å². The maximum Gasteiger partial charge on any atom is 0.137 e. The van der Waals surface area contributed by atoms with Crippen molar-refractivity contribution in [1.82, 2.24) is 9.55 Å². The van der Waals surface area contributed by atoms with Crippen LogP contribution in [0.5, 0.6) is 0 Å². The smallest absolute Gasteiger partial charge is 0.137 e. The van der Waals surface area contributed by atoms with Gasteiger partial charge in [-0.3, -0.25) is 0 Å². The summed E-state index contributed by atoms with van der Waals surface area (Å²) in [6.07, 6.45) is 4.69. The first-order chi connectivity index (χ1) is 8.83. The Bertz CT molecular complexity index is 683. The molecule has 1 atom stereocenters. The molecule has 0 saturated carbocycles. The van der Waals surface area contributed by atoms with Crippen molar-refractivity contribution in [2.75, 3.05) is 0 Å². The lowest BCUT2D eigenvalue weighted by atomic mass is 9.88. The molecule has 0 radical (unpaired) electrons. The average molecular weight is 237 g/mol. The Balaban J connectivity index is 1.92. The van der Waals surface area contributed by atoms with E-state index in [1.165, 1.54) is 5.56 Å². The molecule has 88 valence electrons. The van der Waals surface area contributed by atoms with Gasteiger partial charge in [-0.25, -0.2) is 4.98 Å². The van der Waals surface area contributed by atoms with E-state index in [1.807, 2.05) is 30.7 Å². The summed E-state index contributed by atoms with van der Waals surface area (Å²) >= 11 is 0. The SMILES string of the molecule is N#Cc1ccc2c(c1)COC21CCn2cncc21. The van der Waals surface area contributed by atoms with Crippen LogP contribution in [0.1, 0.15) is 28.8 Å². The molecule has 2 aromatic rings. The Morgan fingerprint density at radius 2 is 2.39 bits per heavy atom. The number of hydrogen-bond donors (Lipinski definition) is 0. The van der Waals surface area contributed by atoms with Gasteiger partial charge in [-0.15, -0.1) is 0 Å². The second kappa shape index (κ2) is 3.21. The lowest BCUT2D eigenvalue weighted by Gasteiger charge is -2.23. The monoisotopic (exact) mass is 237 g/mol. The molecule has 4 heteroatoms. The van der Waals surface area contributed by atoms with Gasteiger partial charge in [0.1, 0.15) is 5.60 Å². The third-order valence-corrected chi connectivity index (χ3v) is 3.97. The number of imidazole rings is 1. The molecule has 1 spiro atoms. The zero-order chi connectivity index (χ0) is 12.2. The molecule has 2 aliphatic heterocycles. The lowest BCUT2D eigenvalue weighted by Crippen LogP contribution is -2.23. The number of rotatable bonds is 0. The van der Waals surface area contributed by atoms with Gasteiger partial charge in [-0.2, -0.15) is 5.26 Å². The maximum absolute atomic E-state index is 8.95. The van der Waals surface area contributed by atoms with E-state index < -0.39 is 0 Å². The minimum atomic E-state index is -0.334. The van der Waals surface area contributed by atoms with Crippen LogP contribution in [0.3, 0.4) is 0 Å². The first-order valence-electron chi connectivity index (χ1n) is 6.01. The summed E-state index contributed by atoms with van der Waals surface area (Å²) in [5, 5.41) is 8.95. The number of nitrogens with zero attached hydrogens (tertiary/aromatic N) is 3. The third kappa shape index (κ3) is 1.05. The lowest BCUT2D eigenvalue weighted by molar-refractivity contribution is -0.00386. The minimum Gasteiger partial charge on any atom is -0.359 e. The van der Waals surface area contributed by atoms with Crippen molar-refractivity contribution < 1.29 is 4.74 Å². The molecular weight excluding hydrogens is 226 g/mol. The molecule has 0 saturated heterocycles. The van der Waals surface area contributed by atoms with Gasteiger partial charge in [0, 0.05) is 13.0 Å². The fourth-order valence-corrected chi connectivity index (χ4v) is 3.12. The van der Waals surface area contributed by atoms with E-state index in [9.17, 15) is 0 Å². The molecule has 4 nitrogen and oxygen atoms in total. The molecule has 0 N–H and O–H groups in total. The highest BCUT2D eigenvalue weighted by molar-refractivity contribution is 5.47. The van der Waals surface area contributed by atoms with E-state index in [0.717, 1.165) is 24.2 Å². The van der Waals surface area contributed by atoms with Crippen LogP contribution in [0.2, 0.25) is 0 Å². The van der Waals surface area contributed by atoms with E-state index in [1.54, 1.807) is 0 Å². The first kappa shape index (κ1) is 9.86. The van der Waals surface area contributed by atoms with Gasteiger partial charge in [-0.1, -0.05) is 6.07 Å². The molecule has 18 heavy (non-hydrogen) atoms. The molecular formula is C14H11N3O. The zero-order valence-electron chi connectivity index (χ0n) is 9.76. The Hall–Kier alpha value is -2.12. The second-order valence-electron chi connectivity index (χ2n) is 4.82. The van der Waals surface area contributed by atoms with Crippen LogP contribution in [0.15, 0.2) is 30.7 Å². The Morgan fingerprint density at radius 3 is 3.28 bits per heavy atom. The van der Waals surface area contributed by atoms with Gasteiger partial charge in [0.25, 0.3) is 0 Å². The number of ether oxygens (including phenoxy) is 1. The minimum absolute atomic E-state index is 0.334. The molecule has 0 fully saturated rings. The van der Waals surface area contributed by atoms with Gasteiger partial charge in [0.15, 0.2) is 0 Å². The van der Waals surface area contributed by atoms with E-state index in [-0.39, 0.29) is 5.60 Å². The quantitative estimate of drug-likeness (QED) is 0.703. The van der Waals surface area contributed by atoms with Crippen LogP contribution in [0.25, 0.3) is 0 Å². The highest BCUT2D eigenvalue weighted by atomic mass is 16.5. The second-order valence-corrected chi connectivity index (χ2v) is 4.82. The number of fused-ring (bicyclic) bond motifs is 4. The summed E-state index contributed by atoms with van der Waals surface area (Å²) in [6.45, 7) is 1.52. The average Bonchev–Trinajstić information content (AvgIpc) is 3.08. The first-order valence-corrected chi connectivity index (χ1v) is 6.01. The number of benzene rings is 1. The van der Waals surface area contributed by atoms with E-state index in [0.29, 0.717) is 12.2 Å². The van der Waals surface area contributed by atoms with Crippen molar-refractivity contribution in [2.24, 2.45) is 0 Å². The van der Waals surface area contributed by atoms with Crippen LogP contribution in [0, 0.1) is 11.3 Å². The summed E-state index contributed by atoms with van der Waals surface area (Å²) in [7, 11) is 0. The Labute approximate surface area is 104 Å². The third-order valence-electron chi connectivity index (χ3n) is 3.97. The van der Waals surface area contributed by atoms with Crippen LogP contribution >= 0.6 is 0 Å². The Morgan fingerprint density at radius 1 is 1.44 bits per heavy atom. The summed E-state index contributed by atoms with van der Waals surface area (Å²) in [4.78, 5) is 4.20. The standard InChI is InChI=1S/C14H11N3O/c15-6-10-1-2-12-11(5-10)8-18-14(12)3-4-17-9-16-7-13(14)17/h1-2,5,7,9H,3-4,8H2. The highest BCUT2D eigenvalue weighted by Crippen LogP contribution is 2.47. The Kier molecular flexibility index (Phi) is 1.76. The van der Waals surface area contributed by atoms with Gasteiger partial charge in [0.05, 0.1) is 36.5 Å². The largest absolute Gasteiger partial charge is 0.359 e. The van der Waals surface area contributed by atoms with Crippen molar-refractivity contribution >= 4 is 0 Å². The normalized spacial score (nSPS) is 23.9. The zero-order valence-corrected chi connectivity index (χ0v) is 9.76. The fraction of sp³-hybridized carbons (Fsp3) is 0.286. The van der Waals surface area contributed by atoms with Gasteiger partial charge in [0.2, 0.25) is 0 Å². The number of aromatic nitrogens is 2. The molecule has 2 aliphatic rings. The molecule has 1 aromatic carbocycles. The number of hydrogen-bond acceptors (Lipinski definition) is 3. The van der Waals surface area contributed by atoms with E-state index >= 15 is 0 Å². The van der Waals surface area contributed by atoms with Gasteiger partial charge >= 0.3 is 0 Å². The molecule has 0 aliphatic carbocycles. The van der Waals surface area contributed by atoms with E-state index in [2.05, 4.69) is 15.6 Å². The molecule has 1 aromatic heterocycles. The summed E-state index contributed by atoms with van der Waals surface area (Å²) in [6, 6.07) is 8.01. The molecule has 0 bridgehead atoms. The van der Waals surface area contributed by atoms with Crippen LogP contribution in [0.4, 0.5) is 0 Å². The summed E-state index contributed by atoms with van der Waals surface area (Å²) < 4.78 is 8.23. The van der Waals surface area contributed by atoms with Crippen molar-refractivity contribution in [3.63, 3.8) is 0 Å². The van der Waals surface area contributed by atoms with Crippen molar-refractivity contribution in [3.8, 4) is 6.07 Å². The molecule has 3 heterocycles. The van der Waals surface area contributed by atoms with Gasteiger partial charge in [-0.05, 0) is 23.3 Å². The molecule has 4 rings (SSSR count). The molecule has 0 amide bonds. The summed E-state index contributed by atoms with van der Waals surface area (Å²) in [5.41, 5.74) is 3.82. The maximum atomic E-state index is 8.95. The topological polar surface area (TPSA) is 50.8 Å². The predicted molar refractivity (Wildman–Crippen MR) is 63.6 cm³/mol. The van der Waals surface area contributed by atoms with Crippen LogP contribution in [-0.4, -0.2) is 9.55 Å². The summed E-state index contributed by atoms with van der Waals surface area (Å²) in [5.74, 6) is 0. The van der Waals surface area contributed by atoms with Gasteiger partial charge < -0.3 is 9.30 Å².